The molecule has 0 saturated carbocycles. The van der Waals surface area contributed by atoms with Gasteiger partial charge in [0, 0.05) is 39.0 Å². The lowest BCUT2D eigenvalue weighted by Crippen LogP contribution is -2.52. The third kappa shape index (κ3) is 3.74. The first-order valence-corrected chi connectivity index (χ1v) is 12.3. The van der Waals surface area contributed by atoms with Crippen LogP contribution in [0.4, 0.5) is 5.69 Å². The van der Waals surface area contributed by atoms with Crippen LogP contribution in [-0.2, 0) is 9.59 Å². The van der Waals surface area contributed by atoms with E-state index in [2.05, 4.69) is 58.5 Å². The topological polar surface area (TPSA) is 56.2 Å². The van der Waals surface area contributed by atoms with Gasteiger partial charge in [-0.05, 0) is 40.8 Å². The monoisotopic (exact) mass is 464 g/mol. The molecule has 6 heteroatoms. The minimum Gasteiger partial charge on any atom is -0.335 e. The summed E-state index contributed by atoms with van der Waals surface area (Å²) in [6.45, 7) is 4.85. The number of carbonyl (C=O) groups is 2. The number of hydrogen-bond acceptors (Lipinski definition) is 4. The summed E-state index contributed by atoms with van der Waals surface area (Å²) in [5.41, 5.74) is 7.48. The molecule has 3 aromatic rings. The Balaban J connectivity index is 1.19. The molecular weight excluding hydrogens is 436 g/mol. The van der Waals surface area contributed by atoms with Gasteiger partial charge in [0.05, 0.1) is 11.7 Å². The number of amides is 2. The van der Waals surface area contributed by atoms with E-state index >= 15 is 0 Å². The predicted octanol–water partition coefficient (Wildman–Crippen LogP) is 4.39. The van der Waals surface area contributed by atoms with Crippen molar-refractivity contribution < 1.29 is 9.59 Å². The summed E-state index contributed by atoms with van der Waals surface area (Å²) < 4.78 is 0. The highest BCUT2D eigenvalue weighted by Crippen LogP contribution is 2.46. The van der Waals surface area contributed by atoms with Crippen molar-refractivity contribution in [3.05, 3.63) is 89.5 Å². The van der Waals surface area contributed by atoms with Crippen LogP contribution in [0.2, 0.25) is 0 Å². The summed E-state index contributed by atoms with van der Waals surface area (Å²) in [4.78, 5) is 30.3. The van der Waals surface area contributed by atoms with Crippen molar-refractivity contribution in [3.8, 4) is 11.1 Å². The molecule has 2 aliphatic heterocycles. The Morgan fingerprint density at radius 3 is 2.06 bits per heavy atom. The summed E-state index contributed by atoms with van der Waals surface area (Å²) in [5.74, 6) is -0.123. The van der Waals surface area contributed by atoms with Gasteiger partial charge in [-0.25, -0.2) is 5.01 Å². The zero-order chi connectivity index (χ0) is 23.9. The Morgan fingerprint density at radius 1 is 0.800 bits per heavy atom. The molecule has 2 heterocycles. The van der Waals surface area contributed by atoms with Crippen molar-refractivity contribution in [1.82, 2.24) is 9.80 Å². The Hall–Kier alpha value is -3.77. The molecule has 3 aliphatic rings. The maximum atomic E-state index is 13.4. The minimum atomic E-state index is -0.0702. The highest BCUT2D eigenvalue weighted by atomic mass is 16.2. The Labute approximate surface area is 205 Å². The molecule has 6 nitrogen and oxygen atoms in total. The van der Waals surface area contributed by atoms with E-state index in [-0.39, 0.29) is 17.9 Å². The third-order valence-corrected chi connectivity index (χ3v) is 7.39. The van der Waals surface area contributed by atoms with Crippen molar-refractivity contribution in [3.63, 3.8) is 0 Å². The molecule has 0 aromatic heterocycles. The fraction of sp³-hybridized carbons (Fsp3) is 0.276. The number of fused-ring (bicyclic) bond motifs is 3. The Kier molecular flexibility index (Phi) is 5.46. The maximum absolute atomic E-state index is 13.4. The molecule has 2 amide bonds. The van der Waals surface area contributed by atoms with E-state index in [1.165, 1.54) is 27.3 Å². The summed E-state index contributed by atoms with van der Waals surface area (Å²) in [7, 11) is 0. The van der Waals surface area contributed by atoms with Crippen LogP contribution in [0.15, 0.2) is 77.9 Å². The second kappa shape index (κ2) is 8.78. The lowest BCUT2D eigenvalue weighted by molar-refractivity contribution is -0.126. The third-order valence-electron chi connectivity index (χ3n) is 7.39. The van der Waals surface area contributed by atoms with E-state index in [4.69, 9.17) is 0 Å². The number of rotatable bonds is 3. The minimum absolute atomic E-state index is 0.0528. The number of aryl methyl sites for hydroxylation is 1. The maximum Gasteiger partial charge on any atom is 0.270 e. The fourth-order valence-corrected chi connectivity index (χ4v) is 5.58. The largest absolute Gasteiger partial charge is 0.335 e. The highest BCUT2D eigenvalue weighted by molar-refractivity contribution is 6.40. The van der Waals surface area contributed by atoms with Crippen LogP contribution in [0.3, 0.4) is 0 Å². The molecule has 0 bridgehead atoms. The summed E-state index contributed by atoms with van der Waals surface area (Å²) in [6, 6.07) is 25.2. The second-order valence-corrected chi connectivity index (χ2v) is 9.44. The number of carbonyl (C=O) groups excluding carboxylic acids is 2. The van der Waals surface area contributed by atoms with Crippen LogP contribution in [0.1, 0.15) is 35.6 Å². The predicted molar refractivity (Wildman–Crippen MR) is 137 cm³/mol. The van der Waals surface area contributed by atoms with E-state index < -0.39 is 0 Å². The molecule has 1 fully saturated rings. The van der Waals surface area contributed by atoms with Gasteiger partial charge in [0.25, 0.3) is 5.91 Å². The SMILES string of the molecule is Cc1ccccc1N1N=C(C(=O)N2CCN(C3c4ccccc4-c4ccccc43)CC2)CCC1=O. The van der Waals surface area contributed by atoms with Crippen LogP contribution in [0, 0.1) is 6.92 Å². The van der Waals surface area contributed by atoms with Gasteiger partial charge in [0.15, 0.2) is 0 Å². The standard InChI is InChI=1S/C29H28N4O2/c1-20-8-2-7-13-26(20)33-27(34)15-14-25(30-33)29(35)32-18-16-31(17-19-32)28-23-11-5-3-9-21(23)22-10-4-6-12-24(22)28/h2-13,28H,14-19H2,1H3. The molecule has 35 heavy (non-hydrogen) atoms. The molecule has 0 N–H and O–H groups in total. The number of benzene rings is 3. The van der Waals surface area contributed by atoms with Crippen LogP contribution in [0.25, 0.3) is 11.1 Å². The van der Waals surface area contributed by atoms with Crippen molar-refractivity contribution in [2.24, 2.45) is 5.10 Å². The number of piperazine rings is 1. The molecule has 176 valence electrons. The van der Waals surface area contributed by atoms with Gasteiger partial charge < -0.3 is 4.90 Å². The smallest absolute Gasteiger partial charge is 0.270 e. The van der Waals surface area contributed by atoms with E-state index in [0.29, 0.717) is 31.6 Å². The summed E-state index contributed by atoms with van der Waals surface area (Å²) in [5, 5.41) is 5.93. The van der Waals surface area contributed by atoms with Gasteiger partial charge in [-0.15, -0.1) is 0 Å². The number of nitrogens with zero attached hydrogens (tertiary/aromatic N) is 4. The average Bonchev–Trinajstić information content (AvgIpc) is 3.24. The highest BCUT2D eigenvalue weighted by Gasteiger charge is 2.36. The second-order valence-electron chi connectivity index (χ2n) is 9.44. The van der Waals surface area contributed by atoms with Gasteiger partial charge in [0.1, 0.15) is 5.71 Å². The number of anilines is 1. The van der Waals surface area contributed by atoms with E-state index in [1.807, 2.05) is 36.1 Å². The molecule has 0 unspecified atom stereocenters. The van der Waals surface area contributed by atoms with Crippen LogP contribution in [0.5, 0.6) is 0 Å². The van der Waals surface area contributed by atoms with Crippen molar-refractivity contribution in [2.45, 2.75) is 25.8 Å². The molecule has 1 aliphatic carbocycles. The van der Waals surface area contributed by atoms with E-state index in [9.17, 15) is 9.59 Å². The number of hydrogen-bond donors (Lipinski definition) is 0. The van der Waals surface area contributed by atoms with Crippen molar-refractivity contribution >= 4 is 23.2 Å². The first-order valence-electron chi connectivity index (χ1n) is 12.3. The molecule has 6 rings (SSSR count). The average molecular weight is 465 g/mol. The molecular formula is C29H28N4O2. The van der Waals surface area contributed by atoms with E-state index in [1.54, 1.807) is 0 Å². The van der Waals surface area contributed by atoms with Crippen LogP contribution >= 0.6 is 0 Å². The van der Waals surface area contributed by atoms with Crippen molar-refractivity contribution in [1.29, 1.82) is 0 Å². The Bertz CT molecular complexity index is 1290. The summed E-state index contributed by atoms with van der Waals surface area (Å²) >= 11 is 0. The van der Waals surface area contributed by atoms with Gasteiger partial charge in [-0.1, -0.05) is 66.7 Å². The lowest BCUT2D eigenvalue weighted by atomic mass is 10.0. The zero-order valence-electron chi connectivity index (χ0n) is 19.9. The van der Waals surface area contributed by atoms with Gasteiger partial charge in [-0.2, -0.15) is 5.10 Å². The molecule has 0 spiro atoms. The normalized spacial score (nSPS) is 18.3. The molecule has 1 saturated heterocycles. The van der Waals surface area contributed by atoms with Gasteiger partial charge >= 0.3 is 0 Å². The van der Waals surface area contributed by atoms with Crippen molar-refractivity contribution in [2.75, 3.05) is 31.2 Å². The molecule has 0 radical (unpaired) electrons. The Morgan fingerprint density at radius 2 is 1.40 bits per heavy atom. The first kappa shape index (κ1) is 21.7. The van der Waals surface area contributed by atoms with Crippen LogP contribution < -0.4 is 5.01 Å². The first-order chi connectivity index (χ1) is 17.1. The summed E-state index contributed by atoms with van der Waals surface area (Å²) in [6.07, 6.45) is 0.693. The number of para-hydroxylation sites is 1. The fourth-order valence-electron chi connectivity index (χ4n) is 5.58. The van der Waals surface area contributed by atoms with Gasteiger partial charge in [-0.3, -0.25) is 14.5 Å². The zero-order valence-corrected chi connectivity index (χ0v) is 19.9. The number of hydrazone groups is 1. The molecule has 0 atom stereocenters. The van der Waals surface area contributed by atoms with E-state index in [0.717, 1.165) is 24.3 Å². The quantitative estimate of drug-likeness (QED) is 0.578. The van der Waals surface area contributed by atoms with Crippen LogP contribution in [-0.4, -0.2) is 53.5 Å². The molecule has 3 aromatic carbocycles. The lowest BCUT2D eigenvalue weighted by Gasteiger charge is -2.39. The van der Waals surface area contributed by atoms with Gasteiger partial charge in [0.2, 0.25) is 5.91 Å².